The second kappa shape index (κ2) is 7.88. The van der Waals surface area contributed by atoms with E-state index in [1.807, 2.05) is 14.1 Å². The Labute approximate surface area is 154 Å². The highest BCUT2D eigenvalue weighted by Gasteiger charge is 2.21. The first kappa shape index (κ1) is 18.4. The number of quaternary nitrogens is 1. The van der Waals surface area contributed by atoms with Gasteiger partial charge in [0.2, 0.25) is 0 Å². The Balaban J connectivity index is 1.92. The quantitative estimate of drug-likeness (QED) is 0.718. The van der Waals surface area contributed by atoms with Gasteiger partial charge in [-0.2, -0.15) is 0 Å². The molecule has 0 aliphatic carbocycles. The van der Waals surface area contributed by atoms with Crippen LogP contribution in [0.3, 0.4) is 0 Å². The number of hydrogen-bond donors (Lipinski definition) is 1. The molecule has 3 rings (SSSR count). The van der Waals surface area contributed by atoms with E-state index >= 15 is 0 Å². The third-order valence-electron chi connectivity index (χ3n) is 3.96. The van der Waals surface area contributed by atoms with E-state index in [-0.39, 0.29) is 17.5 Å². The van der Waals surface area contributed by atoms with E-state index in [9.17, 15) is 13.6 Å². The molecule has 3 aromatic rings. The molecule has 0 radical (unpaired) electrons. The molecule has 136 valence electrons. The molecule has 1 aromatic heterocycles. The summed E-state index contributed by atoms with van der Waals surface area (Å²) < 4.78 is 27.3. The van der Waals surface area contributed by atoms with Gasteiger partial charge in [0, 0.05) is 18.5 Å². The van der Waals surface area contributed by atoms with Crippen LogP contribution in [0.25, 0.3) is 10.2 Å². The van der Waals surface area contributed by atoms with Crippen LogP contribution in [-0.2, 0) is 0 Å². The Morgan fingerprint density at radius 3 is 2.50 bits per heavy atom. The number of halogens is 2. The molecule has 0 saturated heterocycles. The second-order valence-corrected chi connectivity index (χ2v) is 7.39. The molecule has 26 heavy (non-hydrogen) atoms. The highest BCUT2D eigenvalue weighted by atomic mass is 32.1. The number of aromatic nitrogens is 1. The van der Waals surface area contributed by atoms with Crippen LogP contribution < -0.4 is 9.80 Å². The van der Waals surface area contributed by atoms with Crippen LogP contribution in [-0.4, -0.2) is 38.1 Å². The number of thiazole rings is 1. The number of carbonyl (C=O) groups is 1. The predicted molar refractivity (Wildman–Crippen MR) is 99.9 cm³/mol. The first-order valence-electron chi connectivity index (χ1n) is 8.36. The maximum atomic E-state index is 13.5. The highest BCUT2D eigenvalue weighted by molar-refractivity contribution is 7.22. The first-order valence-corrected chi connectivity index (χ1v) is 9.18. The van der Waals surface area contributed by atoms with Crippen molar-refractivity contribution in [3.8, 4) is 0 Å². The lowest BCUT2D eigenvalue weighted by atomic mass is 10.2. The summed E-state index contributed by atoms with van der Waals surface area (Å²) in [5.41, 5.74) is 1.05. The molecule has 1 heterocycles. The molecule has 2 aromatic carbocycles. The Bertz CT molecular complexity index is 909. The van der Waals surface area contributed by atoms with Gasteiger partial charge in [-0.25, -0.2) is 13.8 Å². The number of benzene rings is 2. The topological polar surface area (TPSA) is 37.6 Å². The minimum atomic E-state index is -0.389. The zero-order valence-electron chi connectivity index (χ0n) is 14.6. The summed E-state index contributed by atoms with van der Waals surface area (Å²) in [5.74, 6) is -0.960. The van der Waals surface area contributed by atoms with Crippen molar-refractivity contribution in [1.29, 1.82) is 0 Å². The number of fused-ring (bicyclic) bond motifs is 1. The lowest BCUT2D eigenvalue weighted by molar-refractivity contribution is -0.858. The number of nitrogens with one attached hydrogen (secondary N) is 1. The fraction of sp³-hybridized carbons (Fsp3) is 0.263. The van der Waals surface area contributed by atoms with E-state index < -0.39 is 0 Å². The van der Waals surface area contributed by atoms with Crippen molar-refractivity contribution >= 4 is 32.6 Å². The van der Waals surface area contributed by atoms with Crippen molar-refractivity contribution in [2.24, 2.45) is 0 Å². The van der Waals surface area contributed by atoms with E-state index in [2.05, 4.69) is 4.98 Å². The van der Waals surface area contributed by atoms with Gasteiger partial charge >= 0.3 is 0 Å². The van der Waals surface area contributed by atoms with Crippen molar-refractivity contribution in [2.75, 3.05) is 32.1 Å². The van der Waals surface area contributed by atoms with Crippen LogP contribution in [0, 0.1) is 11.6 Å². The molecule has 0 atom stereocenters. The number of nitrogens with zero attached hydrogens (tertiary/aromatic N) is 2. The van der Waals surface area contributed by atoms with Crippen LogP contribution in [0.2, 0.25) is 0 Å². The Morgan fingerprint density at radius 1 is 1.12 bits per heavy atom. The summed E-state index contributed by atoms with van der Waals surface area (Å²) >= 11 is 1.28. The summed E-state index contributed by atoms with van der Waals surface area (Å²) in [7, 11) is 4.10. The van der Waals surface area contributed by atoms with E-state index in [1.165, 1.54) is 52.6 Å². The Hall–Kier alpha value is -2.38. The molecule has 0 fully saturated rings. The average Bonchev–Trinajstić information content (AvgIpc) is 3.01. The van der Waals surface area contributed by atoms with Crippen LogP contribution in [0.15, 0.2) is 42.5 Å². The minimum absolute atomic E-state index is 0.238. The maximum Gasteiger partial charge on any atom is 0.260 e. The molecular formula is C19H20F2N3OS+. The number of rotatable bonds is 6. The van der Waals surface area contributed by atoms with Crippen molar-refractivity contribution < 1.29 is 18.5 Å². The predicted octanol–water partition coefficient (Wildman–Crippen LogP) is 2.76. The number of anilines is 1. The third kappa shape index (κ3) is 4.23. The van der Waals surface area contributed by atoms with Crippen LogP contribution in [0.1, 0.15) is 16.8 Å². The molecule has 4 nitrogen and oxygen atoms in total. The second-order valence-electron chi connectivity index (χ2n) is 6.38. The van der Waals surface area contributed by atoms with Gasteiger partial charge in [0.05, 0.1) is 30.9 Å². The normalized spacial score (nSPS) is 11.3. The molecule has 7 heteroatoms. The van der Waals surface area contributed by atoms with Gasteiger partial charge in [-0.1, -0.05) is 11.3 Å². The molecule has 0 unspecified atom stereocenters. The smallest absolute Gasteiger partial charge is 0.260 e. The average molecular weight is 376 g/mol. The summed E-state index contributed by atoms with van der Waals surface area (Å²) in [6.45, 7) is 1.39. The summed E-state index contributed by atoms with van der Waals surface area (Å²) in [5, 5.41) is 0.522. The summed E-state index contributed by atoms with van der Waals surface area (Å²) in [6.07, 6.45) is 0.791. The monoisotopic (exact) mass is 376 g/mol. The number of carbonyl (C=O) groups excluding carboxylic acids is 1. The maximum absolute atomic E-state index is 13.5. The molecule has 0 aliphatic heterocycles. The lowest BCUT2D eigenvalue weighted by Gasteiger charge is -2.20. The lowest BCUT2D eigenvalue weighted by Crippen LogP contribution is -3.05. The fourth-order valence-electron chi connectivity index (χ4n) is 2.62. The van der Waals surface area contributed by atoms with Gasteiger partial charge in [0.15, 0.2) is 5.13 Å². The first-order chi connectivity index (χ1) is 12.4. The highest BCUT2D eigenvalue weighted by Crippen LogP contribution is 2.30. The van der Waals surface area contributed by atoms with Gasteiger partial charge in [0.25, 0.3) is 5.91 Å². The van der Waals surface area contributed by atoms with Crippen molar-refractivity contribution in [1.82, 2.24) is 4.98 Å². The van der Waals surface area contributed by atoms with Crippen LogP contribution in [0.5, 0.6) is 0 Å². The Kier molecular flexibility index (Phi) is 5.58. The summed E-state index contributed by atoms with van der Waals surface area (Å²) in [4.78, 5) is 20.3. The van der Waals surface area contributed by atoms with Crippen LogP contribution in [0.4, 0.5) is 13.9 Å². The molecule has 0 bridgehead atoms. The molecule has 1 N–H and O–H groups in total. The molecule has 0 saturated carbocycles. The molecule has 0 aliphatic rings. The zero-order valence-corrected chi connectivity index (χ0v) is 15.4. The molecule has 1 amide bonds. The molecular weight excluding hydrogens is 356 g/mol. The largest absolute Gasteiger partial charge is 0.340 e. The van der Waals surface area contributed by atoms with Crippen molar-refractivity contribution in [3.63, 3.8) is 0 Å². The Morgan fingerprint density at radius 2 is 1.81 bits per heavy atom. The van der Waals surface area contributed by atoms with E-state index in [0.717, 1.165) is 13.0 Å². The van der Waals surface area contributed by atoms with Gasteiger partial charge in [0.1, 0.15) is 11.6 Å². The van der Waals surface area contributed by atoms with E-state index in [0.29, 0.717) is 27.5 Å². The molecule has 0 spiro atoms. The minimum Gasteiger partial charge on any atom is -0.340 e. The van der Waals surface area contributed by atoms with Gasteiger partial charge < -0.3 is 4.90 Å². The fourth-order valence-corrected chi connectivity index (χ4v) is 3.64. The van der Waals surface area contributed by atoms with Gasteiger partial charge in [-0.15, -0.1) is 0 Å². The number of amides is 1. The zero-order chi connectivity index (χ0) is 18.7. The summed E-state index contributed by atoms with van der Waals surface area (Å²) in [6, 6.07) is 9.85. The van der Waals surface area contributed by atoms with E-state index in [1.54, 1.807) is 11.0 Å². The van der Waals surface area contributed by atoms with Gasteiger partial charge in [-0.3, -0.25) is 9.69 Å². The van der Waals surface area contributed by atoms with Gasteiger partial charge in [-0.05, 0) is 42.5 Å². The number of hydrogen-bond acceptors (Lipinski definition) is 3. The van der Waals surface area contributed by atoms with Crippen molar-refractivity contribution in [2.45, 2.75) is 6.42 Å². The van der Waals surface area contributed by atoms with E-state index in [4.69, 9.17) is 0 Å². The van der Waals surface area contributed by atoms with Crippen LogP contribution >= 0.6 is 11.3 Å². The standard InChI is InChI=1S/C19H19F2N3OS/c1-23(2)10-3-11-24(18(25)13-4-6-14(20)7-5-13)19-22-16-9-8-15(21)12-17(16)26-19/h4-9,12H,3,10-11H2,1-2H3/p+1. The third-order valence-corrected chi connectivity index (χ3v) is 5.01. The SMILES string of the molecule is C[NH+](C)CCCN(C(=O)c1ccc(F)cc1)c1nc2ccc(F)cc2s1. The van der Waals surface area contributed by atoms with Crippen molar-refractivity contribution in [3.05, 3.63) is 59.7 Å².